The van der Waals surface area contributed by atoms with Crippen molar-refractivity contribution in [1.82, 2.24) is 5.32 Å². The second kappa shape index (κ2) is 6.57. The van der Waals surface area contributed by atoms with E-state index in [1.54, 1.807) is 22.7 Å². The topological polar surface area (TPSA) is 29.1 Å². The molecule has 90 valence electrons. The van der Waals surface area contributed by atoms with Crippen LogP contribution < -0.4 is 5.32 Å². The zero-order valence-electron chi connectivity index (χ0n) is 9.52. The summed E-state index contributed by atoms with van der Waals surface area (Å²) >= 11 is 3.43. The molecule has 0 spiro atoms. The fraction of sp³-hybridized carbons (Fsp3) is 0.308. The van der Waals surface area contributed by atoms with Gasteiger partial charge in [-0.05, 0) is 35.7 Å². The molecule has 2 aromatic rings. The fourth-order valence-electron chi connectivity index (χ4n) is 1.57. The van der Waals surface area contributed by atoms with Crippen molar-refractivity contribution in [3.63, 3.8) is 0 Å². The first-order chi connectivity index (χ1) is 8.34. The summed E-state index contributed by atoms with van der Waals surface area (Å²) in [4.78, 5) is 14.1. The minimum absolute atomic E-state index is 0.148. The number of nitrogens with one attached hydrogen (secondary N) is 1. The summed E-state index contributed by atoms with van der Waals surface area (Å²) < 4.78 is 0. The van der Waals surface area contributed by atoms with Gasteiger partial charge < -0.3 is 5.32 Å². The lowest BCUT2D eigenvalue weighted by molar-refractivity contribution is -0.121. The van der Waals surface area contributed by atoms with Gasteiger partial charge in [-0.25, -0.2) is 0 Å². The minimum atomic E-state index is 0.148. The van der Waals surface area contributed by atoms with Crippen molar-refractivity contribution in [3.8, 4) is 0 Å². The molecule has 0 fully saturated rings. The van der Waals surface area contributed by atoms with Crippen molar-refractivity contribution in [1.29, 1.82) is 0 Å². The molecule has 2 heterocycles. The zero-order valence-corrected chi connectivity index (χ0v) is 11.2. The van der Waals surface area contributed by atoms with E-state index < -0.39 is 0 Å². The van der Waals surface area contributed by atoms with Gasteiger partial charge in [-0.3, -0.25) is 4.79 Å². The van der Waals surface area contributed by atoms with Gasteiger partial charge in [-0.15, -0.1) is 22.7 Å². The number of hydrogen-bond donors (Lipinski definition) is 1. The molecule has 2 nitrogen and oxygen atoms in total. The van der Waals surface area contributed by atoms with Gasteiger partial charge in [-0.2, -0.15) is 0 Å². The van der Waals surface area contributed by atoms with Gasteiger partial charge in [0.25, 0.3) is 0 Å². The molecular weight excluding hydrogens is 250 g/mol. The highest BCUT2D eigenvalue weighted by Gasteiger charge is 2.02. The van der Waals surface area contributed by atoms with Gasteiger partial charge >= 0.3 is 0 Å². The molecule has 0 aromatic carbocycles. The van der Waals surface area contributed by atoms with E-state index in [1.807, 2.05) is 17.5 Å². The van der Waals surface area contributed by atoms with Crippen molar-refractivity contribution < 1.29 is 4.79 Å². The number of carbonyl (C=O) groups is 1. The molecule has 0 aliphatic rings. The third kappa shape index (κ3) is 4.32. The first-order valence-electron chi connectivity index (χ1n) is 5.66. The Morgan fingerprint density at radius 1 is 1.12 bits per heavy atom. The molecule has 17 heavy (non-hydrogen) atoms. The summed E-state index contributed by atoms with van der Waals surface area (Å²) in [5.41, 5.74) is 0. The molecule has 0 radical (unpaired) electrons. The monoisotopic (exact) mass is 265 g/mol. The van der Waals surface area contributed by atoms with Crippen molar-refractivity contribution in [3.05, 3.63) is 44.8 Å². The molecule has 0 saturated carbocycles. The average Bonchev–Trinajstić information content (AvgIpc) is 2.99. The van der Waals surface area contributed by atoms with Crippen LogP contribution in [0.5, 0.6) is 0 Å². The van der Waals surface area contributed by atoms with Crippen LogP contribution in [0.3, 0.4) is 0 Å². The lowest BCUT2D eigenvalue weighted by Gasteiger charge is -2.02. The highest BCUT2D eigenvalue weighted by molar-refractivity contribution is 7.10. The van der Waals surface area contributed by atoms with Crippen LogP contribution in [0.4, 0.5) is 0 Å². The van der Waals surface area contributed by atoms with E-state index in [0.717, 1.165) is 12.8 Å². The number of carbonyl (C=O) groups excluding carboxylic acids is 1. The Balaban J connectivity index is 1.61. The molecular formula is C13H15NOS2. The van der Waals surface area contributed by atoms with Crippen LogP contribution in [0.25, 0.3) is 0 Å². The lowest BCUT2D eigenvalue weighted by Crippen LogP contribution is -2.21. The summed E-state index contributed by atoms with van der Waals surface area (Å²) in [5, 5.41) is 7.04. The Morgan fingerprint density at radius 2 is 1.82 bits per heavy atom. The van der Waals surface area contributed by atoms with E-state index in [4.69, 9.17) is 0 Å². The van der Waals surface area contributed by atoms with E-state index in [-0.39, 0.29) is 5.91 Å². The third-order valence-corrected chi connectivity index (χ3v) is 4.26. The van der Waals surface area contributed by atoms with Crippen LogP contribution >= 0.6 is 22.7 Å². The Morgan fingerprint density at radius 3 is 2.47 bits per heavy atom. The molecule has 1 amide bonds. The van der Waals surface area contributed by atoms with Crippen LogP contribution in [-0.2, 0) is 17.8 Å². The summed E-state index contributed by atoms with van der Waals surface area (Å²) in [6, 6.07) is 8.21. The molecule has 0 aliphatic heterocycles. The van der Waals surface area contributed by atoms with Crippen LogP contribution in [0, 0.1) is 0 Å². The van der Waals surface area contributed by atoms with E-state index >= 15 is 0 Å². The van der Waals surface area contributed by atoms with Crippen LogP contribution in [0.2, 0.25) is 0 Å². The molecule has 1 N–H and O–H groups in total. The smallest absolute Gasteiger partial charge is 0.220 e. The number of amides is 1. The predicted octanol–water partition coefficient (Wildman–Crippen LogP) is 3.45. The van der Waals surface area contributed by atoms with Gasteiger partial charge in [0.05, 0.1) is 6.54 Å². The van der Waals surface area contributed by atoms with Crippen LogP contribution in [-0.4, -0.2) is 5.91 Å². The van der Waals surface area contributed by atoms with Crippen molar-refractivity contribution in [2.24, 2.45) is 0 Å². The highest BCUT2D eigenvalue weighted by atomic mass is 32.1. The fourth-order valence-corrected chi connectivity index (χ4v) is 2.96. The second-order valence-electron chi connectivity index (χ2n) is 3.79. The molecule has 0 aliphatic carbocycles. The molecule has 0 saturated heterocycles. The summed E-state index contributed by atoms with van der Waals surface area (Å²) in [6.07, 6.45) is 2.55. The van der Waals surface area contributed by atoms with Crippen LogP contribution in [0.15, 0.2) is 35.0 Å². The summed E-state index contributed by atoms with van der Waals surface area (Å²) in [5.74, 6) is 0.148. The third-order valence-electron chi connectivity index (χ3n) is 2.45. The molecule has 2 rings (SSSR count). The van der Waals surface area contributed by atoms with Gasteiger partial charge in [-0.1, -0.05) is 12.1 Å². The van der Waals surface area contributed by atoms with E-state index in [9.17, 15) is 4.79 Å². The van der Waals surface area contributed by atoms with Crippen molar-refractivity contribution in [2.45, 2.75) is 25.8 Å². The molecule has 0 unspecified atom stereocenters. The maximum absolute atomic E-state index is 11.6. The van der Waals surface area contributed by atoms with Gasteiger partial charge in [0.1, 0.15) is 0 Å². The normalized spacial score (nSPS) is 10.4. The van der Waals surface area contributed by atoms with Gasteiger partial charge in [0.15, 0.2) is 0 Å². The minimum Gasteiger partial charge on any atom is -0.351 e. The van der Waals surface area contributed by atoms with E-state index in [1.165, 1.54) is 9.75 Å². The molecule has 0 atom stereocenters. The second-order valence-corrected chi connectivity index (χ2v) is 5.85. The lowest BCUT2D eigenvalue weighted by atomic mass is 10.2. The molecule has 2 aromatic heterocycles. The molecule has 4 heteroatoms. The Bertz CT molecular complexity index is 434. The Kier molecular flexibility index (Phi) is 4.76. The van der Waals surface area contributed by atoms with Crippen molar-refractivity contribution in [2.75, 3.05) is 0 Å². The average molecular weight is 265 g/mol. The standard InChI is InChI=1S/C13H15NOS2/c15-13(14-10-12-6-3-9-17-12)7-1-4-11-5-2-8-16-11/h2-3,5-6,8-9H,1,4,7,10H2,(H,14,15). The zero-order chi connectivity index (χ0) is 11.9. The Labute approximate surface area is 109 Å². The SMILES string of the molecule is O=C(CCCc1cccs1)NCc1cccs1. The first kappa shape index (κ1) is 12.3. The number of rotatable bonds is 6. The number of thiophene rings is 2. The molecule has 0 bridgehead atoms. The quantitative estimate of drug-likeness (QED) is 0.851. The largest absolute Gasteiger partial charge is 0.351 e. The van der Waals surface area contributed by atoms with E-state index in [0.29, 0.717) is 13.0 Å². The van der Waals surface area contributed by atoms with Gasteiger partial charge in [0.2, 0.25) is 5.91 Å². The Hall–Kier alpha value is -1.13. The summed E-state index contributed by atoms with van der Waals surface area (Å²) in [6.45, 7) is 0.662. The number of hydrogen-bond acceptors (Lipinski definition) is 3. The maximum Gasteiger partial charge on any atom is 0.220 e. The van der Waals surface area contributed by atoms with Crippen molar-refractivity contribution >= 4 is 28.6 Å². The van der Waals surface area contributed by atoms with E-state index in [2.05, 4.69) is 22.8 Å². The first-order valence-corrected chi connectivity index (χ1v) is 7.42. The number of aryl methyl sites for hydroxylation is 1. The predicted molar refractivity (Wildman–Crippen MR) is 73.4 cm³/mol. The highest BCUT2D eigenvalue weighted by Crippen LogP contribution is 2.12. The van der Waals surface area contributed by atoms with Crippen LogP contribution in [0.1, 0.15) is 22.6 Å². The summed E-state index contributed by atoms with van der Waals surface area (Å²) in [7, 11) is 0. The van der Waals surface area contributed by atoms with Gasteiger partial charge in [0, 0.05) is 16.2 Å². The maximum atomic E-state index is 11.6.